The van der Waals surface area contributed by atoms with Gasteiger partial charge < -0.3 is 4.90 Å². The second-order valence-electron chi connectivity index (χ2n) is 14.3. The van der Waals surface area contributed by atoms with E-state index in [2.05, 4.69) is 56.1 Å². The highest BCUT2D eigenvalue weighted by molar-refractivity contribution is 7.90. The van der Waals surface area contributed by atoms with Crippen LogP contribution in [0, 0.1) is 23.2 Å². The fraction of sp³-hybridized carbons (Fsp3) is 0.625. The zero-order valence-electron chi connectivity index (χ0n) is 25.8. The van der Waals surface area contributed by atoms with Gasteiger partial charge >= 0.3 is 0 Å². The lowest BCUT2D eigenvalue weighted by molar-refractivity contribution is -0.121. The van der Waals surface area contributed by atoms with E-state index in [9.17, 15) is 18.0 Å². The minimum atomic E-state index is -4.20. The largest absolute Gasteiger partial charge is 0.350 e. The molecule has 2 saturated heterocycles. The van der Waals surface area contributed by atoms with Crippen LogP contribution in [0.1, 0.15) is 96.1 Å². The molecule has 0 aromatic carbocycles. The van der Waals surface area contributed by atoms with Crippen LogP contribution in [0.4, 0.5) is 11.6 Å². The average Bonchev–Trinajstić information content (AvgIpc) is 3.37. The van der Waals surface area contributed by atoms with Crippen molar-refractivity contribution in [3.05, 3.63) is 41.6 Å². The number of carbonyl (C=O) groups excluding carboxylic acids is 2. The van der Waals surface area contributed by atoms with E-state index in [0.29, 0.717) is 42.8 Å². The minimum absolute atomic E-state index is 0.0629. The van der Waals surface area contributed by atoms with Gasteiger partial charge in [-0.1, -0.05) is 40.2 Å². The number of hydrogen-bond acceptors (Lipinski definition) is 7. The maximum Gasteiger partial charge on any atom is 0.281 e. The van der Waals surface area contributed by atoms with E-state index in [4.69, 9.17) is 4.98 Å². The fourth-order valence-corrected chi connectivity index (χ4v) is 7.75. The summed E-state index contributed by atoms with van der Waals surface area (Å²) in [6, 6.07) is 8.20. The van der Waals surface area contributed by atoms with Crippen LogP contribution in [0.25, 0.3) is 0 Å². The topological polar surface area (TPSA) is 113 Å². The number of fused-ring (bicyclic) bond motifs is 6. The number of nitrogens with one attached hydrogen (secondary N) is 1. The minimum Gasteiger partial charge on any atom is -0.350 e. The number of amides is 2. The number of carbonyl (C=O) groups is 2. The van der Waals surface area contributed by atoms with Gasteiger partial charge in [-0.25, -0.2) is 14.7 Å². The molecule has 42 heavy (non-hydrogen) atoms. The van der Waals surface area contributed by atoms with Crippen molar-refractivity contribution in [3.63, 3.8) is 0 Å². The summed E-state index contributed by atoms with van der Waals surface area (Å²) in [6.45, 7) is 14.2. The maximum absolute atomic E-state index is 13.7. The number of sulfonamides is 1. The van der Waals surface area contributed by atoms with Crippen molar-refractivity contribution >= 4 is 33.5 Å². The van der Waals surface area contributed by atoms with Crippen LogP contribution in [-0.2, 0) is 21.2 Å². The Morgan fingerprint density at radius 1 is 1.05 bits per heavy atom. The normalized spacial score (nSPS) is 25.9. The molecule has 3 atom stereocenters. The van der Waals surface area contributed by atoms with Crippen LogP contribution in [-0.4, -0.2) is 48.8 Å². The molecule has 0 saturated carbocycles. The number of aromatic nitrogens is 2. The Hall–Kier alpha value is -3.01. The van der Waals surface area contributed by atoms with Crippen LogP contribution in [0.5, 0.6) is 0 Å². The smallest absolute Gasteiger partial charge is 0.281 e. The predicted molar refractivity (Wildman–Crippen MR) is 164 cm³/mol. The summed E-state index contributed by atoms with van der Waals surface area (Å²) in [5, 5.41) is -0.172. The summed E-state index contributed by atoms with van der Waals surface area (Å²) in [5.74, 6) is 0.748. The molecule has 228 valence electrons. The number of nitrogens with zero attached hydrogens (tertiary/aromatic N) is 4. The van der Waals surface area contributed by atoms with Gasteiger partial charge in [-0.2, -0.15) is 8.42 Å². The van der Waals surface area contributed by atoms with Crippen LogP contribution < -0.4 is 14.5 Å². The van der Waals surface area contributed by atoms with Gasteiger partial charge in [0.05, 0.1) is 5.56 Å². The lowest BCUT2D eigenvalue weighted by Gasteiger charge is -2.34. The Balaban J connectivity index is 1.53. The van der Waals surface area contributed by atoms with Crippen molar-refractivity contribution in [2.24, 2.45) is 23.2 Å². The standard InChI is InChI=1S/C32H45N5O4S/c1-21-19-36(30(39)24(21)16-17-31(2,3)4)26-15-14-25-28(34-26)37-20-22(18-32(37,5)6)10-7-8-11-23-12-9-13-27(33-23)42(40,41)35-29(25)38/h9,12-15,21-22,24H,7-8,10-11,16-20H2,1-6H3,(H,35,38)/t21?,22-,24?/m0/s1. The molecule has 0 spiro atoms. The highest BCUT2D eigenvalue weighted by Crippen LogP contribution is 2.41. The van der Waals surface area contributed by atoms with E-state index in [1.807, 2.05) is 6.07 Å². The summed E-state index contributed by atoms with van der Waals surface area (Å²) in [4.78, 5) is 40.5. The number of anilines is 2. The molecule has 1 N–H and O–H groups in total. The molecule has 10 heteroatoms. The highest BCUT2D eigenvalue weighted by Gasteiger charge is 2.43. The Morgan fingerprint density at radius 2 is 1.81 bits per heavy atom. The molecule has 2 fully saturated rings. The molecule has 3 aliphatic rings. The highest BCUT2D eigenvalue weighted by atomic mass is 32.2. The zero-order valence-corrected chi connectivity index (χ0v) is 26.6. The lowest BCUT2D eigenvalue weighted by atomic mass is 9.83. The Morgan fingerprint density at radius 3 is 2.55 bits per heavy atom. The van der Waals surface area contributed by atoms with Crippen molar-refractivity contribution in [1.82, 2.24) is 14.7 Å². The first-order chi connectivity index (χ1) is 19.6. The quantitative estimate of drug-likeness (QED) is 0.509. The first kappa shape index (κ1) is 30.4. The van der Waals surface area contributed by atoms with Crippen molar-refractivity contribution in [1.29, 1.82) is 0 Å². The molecule has 5 heterocycles. The van der Waals surface area contributed by atoms with Crippen molar-refractivity contribution in [2.45, 2.75) is 97.1 Å². The molecule has 9 nitrogen and oxygen atoms in total. The fourth-order valence-electron chi connectivity index (χ4n) is 6.79. The Bertz CT molecular complexity index is 1470. The molecule has 2 unspecified atom stereocenters. The summed E-state index contributed by atoms with van der Waals surface area (Å²) < 4.78 is 28.7. The first-order valence-electron chi connectivity index (χ1n) is 15.3. The second kappa shape index (κ2) is 11.2. The number of pyridine rings is 2. The molecular weight excluding hydrogens is 550 g/mol. The van der Waals surface area contributed by atoms with Crippen molar-refractivity contribution in [2.75, 3.05) is 22.9 Å². The van der Waals surface area contributed by atoms with Crippen LogP contribution in [0.3, 0.4) is 0 Å². The maximum atomic E-state index is 13.7. The van der Waals surface area contributed by atoms with Gasteiger partial charge in [-0.3, -0.25) is 14.5 Å². The van der Waals surface area contributed by atoms with Crippen molar-refractivity contribution < 1.29 is 18.0 Å². The third-order valence-electron chi connectivity index (χ3n) is 9.12. The Labute approximate surface area is 250 Å². The van der Waals surface area contributed by atoms with E-state index < -0.39 is 15.9 Å². The van der Waals surface area contributed by atoms with Gasteiger partial charge in [0.25, 0.3) is 15.9 Å². The lowest BCUT2D eigenvalue weighted by Crippen LogP contribution is -2.41. The van der Waals surface area contributed by atoms with Gasteiger partial charge in [-0.05, 0) is 93.9 Å². The monoisotopic (exact) mass is 595 g/mol. The zero-order chi connectivity index (χ0) is 30.4. The molecular formula is C32H45N5O4S. The summed E-state index contributed by atoms with van der Waals surface area (Å²) in [7, 11) is -4.20. The van der Waals surface area contributed by atoms with Gasteiger partial charge in [-0.15, -0.1) is 0 Å². The second-order valence-corrected chi connectivity index (χ2v) is 15.9. The van der Waals surface area contributed by atoms with Crippen LogP contribution >= 0.6 is 0 Å². The van der Waals surface area contributed by atoms with Gasteiger partial charge in [0.1, 0.15) is 11.6 Å². The molecule has 2 aromatic heterocycles. The molecule has 2 aromatic rings. The first-order valence-corrected chi connectivity index (χ1v) is 16.8. The van der Waals surface area contributed by atoms with Crippen LogP contribution in [0.2, 0.25) is 0 Å². The molecule has 0 aliphatic carbocycles. The number of hydrogen-bond donors (Lipinski definition) is 1. The molecule has 3 aliphatic heterocycles. The van der Waals surface area contributed by atoms with Gasteiger partial charge in [0.15, 0.2) is 5.03 Å². The van der Waals surface area contributed by atoms with E-state index in [1.165, 1.54) is 6.07 Å². The molecule has 4 bridgehead atoms. The molecule has 2 amide bonds. The van der Waals surface area contributed by atoms with Gasteiger partial charge in [0, 0.05) is 30.2 Å². The van der Waals surface area contributed by atoms with E-state index in [1.54, 1.807) is 23.1 Å². The van der Waals surface area contributed by atoms with Crippen LogP contribution in [0.15, 0.2) is 35.4 Å². The number of rotatable bonds is 3. The molecule has 5 rings (SSSR count). The average molecular weight is 596 g/mol. The Kier molecular flexibility index (Phi) is 8.15. The number of aryl methyl sites for hydroxylation is 1. The van der Waals surface area contributed by atoms with Crippen molar-refractivity contribution in [3.8, 4) is 0 Å². The summed E-state index contributed by atoms with van der Waals surface area (Å²) >= 11 is 0. The van der Waals surface area contributed by atoms with E-state index in [-0.39, 0.29) is 39.3 Å². The SMILES string of the molecule is CC1CN(c2ccc3c(n2)N2C[C@@H](CCCCc4cccc(n4)S(=O)(=O)NC3=O)CC2(C)C)C(=O)C1CCC(C)(C)C. The summed E-state index contributed by atoms with van der Waals surface area (Å²) in [5.41, 5.74) is 0.712. The van der Waals surface area contributed by atoms with E-state index >= 15 is 0 Å². The van der Waals surface area contributed by atoms with E-state index in [0.717, 1.165) is 38.5 Å². The predicted octanol–water partition coefficient (Wildman–Crippen LogP) is 5.35. The molecule has 0 radical (unpaired) electrons. The summed E-state index contributed by atoms with van der Waals surface area (Å²) in [6.07, 6.45) is 6.32. The third kappa shape index (κ3) is 6.33. The van der Waals surface area contributed by atoms with Gasteiger partial charge in [0.2, 0.25) is 5.91 Å². The third-order valence-corrected chi connectivity index (χ3v) is 10.4.